The Morgan fingerprint density at radius 2 is 1.60 bits per heavy atom. The molecule has 17 heteroatoms. The summed E-state index contributed by atoms with van der Waals surface area (Å²) in [5, 5.41) is 42.2. The summed E-state index contributed by atoms with van der Waals surface area (Å²) in [6, 6.07) is 28.9. The van der Waals surface area contributed by atoms with Crippen LogP contribution in [0.15, 0.2) is 119 Å². The zero-order valence-electron chi connectivity index (χ0n) is 38.2. The van der Waals surface area contributed by atoms with Gasteiger partial charge in [0.25, 0.3) is 0 Å². The Morgan fingerprint density at radius 1 is 0.941 bits per heavy atom. The maximum atomic E-state index is 14.7. The van der Waals surface area contributed by atoms with Crippen LogP contribution in [0.25, 0.3) is 11.1 Å². The monoisotopic (exact) mass is 961 g/mol. The van der Waals surface area contributed by atoms with Crippen LogP contribution >= 0.6 is 11.3 Å². The number of aliphatic hydroxyl groups excluding tert-OH is 1. The number of benzene rings is 4. The third-order valence-corrected chi connectivity index (χ3v) is 16.6. The number of nitrogens with one attached hydrogen (secondary N) is 2. The Labute approximate surface area is 401 Å². The highest BCUT2D eigenvalue weighted by Gasteiger charge is 2.42. The van der Waals surface area contributed by atoms with Gasteiger partial charge in [0.05, 0.1) is 41.5 Å². The maximum Gasteiger partial charge on any atom is 0.405 e. The minimum atomic E-state index is -4.09. The highest BCUT2D eigenvalue weighted by Crippen LogP contribution is 2.48. The number of carbonyl (C=O) groups excluding carboxylic acids is 2. The molecule has 1 aliphatic heterocycles. The van der Waals surface area contributed by atoms with Crippen LogP contribution in [0, 0.1) is 11.8 Å². The van der Waals surface area contributed by atoms with E-state index >= 15 is 0 Å². The van der Waals surface area contributed by atoms with E-state index in [4.69, 9.17) is 10.2 Å². The number of rotatable bonds is 21. The van der Waals surface area contributed by atoms with E-state index in [1.54, 1.807) is 21.9 Å². The quantitative estimate of drug-likeness (QED) is 0.0277. The molecule has 68 heavy (non-hydrogen) atoms. The Balaban J connectivity index is 0.982. The number of carbonyl (C=O) groups is 3. The van der Waals surface area contributed by atoms with Crippen molar-refractivity contribution in [2.75, 3.05) is 26.2 Å². The molecular weight excluding hydrogens is 903 g/mol. The fourth-order valence-corrected chi connectivity index (χ4v) is 12.1. The van der Waals surface area contributed by atoms with Crippen LogP contribution in [0.3, 0.4) is 0 Å². The predicted octanol–water partition coefficient (Wildman–Crippen LogP) is 7.69. The van der Waals surface area contributed by atoms with Crippen LogP contribution in [0.5, 0.6) is 0 Å². The first-order valence-corrected chi connectivity index (χ1v) is 25.6. The molecule has 358 valence electrons. The fraction of sp³-hybridized carbons (Fsp3) is 0.392. The number of hydrogen-bond donors (Lipinski definition) is 5. The van der Waals surface area contributed by atoms with Gasteiger partial charge in [-0.05, 0) is 83.0 Å². The molecule has 1 aromatic heterocycles. The molecule has 15 nitrogen and oxygen atoms in total. The molecule has 2 heterocycles. The van der Waals surface area contributed by atoms with Gasteiger partial charge in [-0.3, -0.25) is 4.79 Å². The van der Waals surface area contributed by atoms with Crippen molar-refractivity contribution in [3.05, 3.63) is 141 Å². The van der Waals surface area contributed by atoms with E-state index < -0.39 is 46.3 Å². The summed E-state index contributed by atoms with van der Waals surface area (Å²) in [6.07, 6.45) is 2.69. The Hall–Kier alpha value is -6.14. The second kappa shape index (κ2) is 21.4. The molecule has 8 rings (SSSR count). The third-order valence-electron chi connectivity index (χ3n) is 13.8. The SMILES string of the molecule is CC[C@H](C)[C@@H](C(=O)N[C@@H](Cc1ccccc1)[C@H](O)CN(CC1CCC1)S(=O)(=O)c1ccc(/C=N/O)cc1)N1CCN(Cc2csc(C(CC3c4ccccc4-c4ccccc43)NC(=O)O)n2)C1=O. The van der Waals surface area contributed by atoms with Crippen molar-refractivity contribution in [3.8, 4) is 11.1 Å². The molecule has 2 fully saturated rings. The largest absolute Gasteiger partial charge is 0.465 e. The third kappa shape index (κ3) is 10.8. The standard InChI is InChI=1S/C51H59N7O8S2/c1-3-33(2)47(48(60)54-44(26-34-12-5-4-6-13-34)46(59)31-57(29-36-14-11-15-36)68(65,66)38-22-20-35(21-23-38)28-52-64)58-25-24-56(51(58)63)30-37-32-67-49(53-37)45(55-50(61)62)27-43-41-18-9-7-16-39(41)40-17-8-10-19-42(40)43/h4-10,12-13,16-23,28,32-33,36,43-47,55,59,64H,3,11,14-15,24-27,29-31H2,1-2H3,(H,54,60)(H,61,62)/b52-28+/t33-,44-,45?,46+,47-/m0/s1. The van der Waals surface area contributed by atoms with Crippen molar-refractivity contribution in [2.45, 2.75) is 94.0 Å². The summed E-state index contributed by atoms with van der Waals surface area (Å²) >= 11 is 1.34. The van der Waals surface area contributed by atoms with Crippen LogP contribution in [0.2, 0.25) is 0 Å². The highest BCUT2D eigenvalue weighted by atomic mass is 32.2. The Kier molecular flexibility index (Phi) is 15.2. The lowest BCUT2D eigenvalue weighted by molar-refractivity contribution is -0.128. The van der Waals surface area contributed by atoms with Gasteiger partial charge >= 0.3 is 12.1 Å². The molecule has 5 atom stereocenters. The minimum Gasteiger partial charge on any atom is -0.465 e. The van der Waals surface area contributed by atoms with Crippen molar-refractivity contribution < 1.29 is 38.2 Å². The number of urea groups is 1. The van der Waals surface area contributed by atoms with Gasteiger partial charge in [0, 0.05) is 37.5 Å². The van der Waals surface area contributed by atoms with Crippen LogP contribution in [0.4, 0.5) is 9.59 Å². The summed E-state index contributed by atoms with van der Waals surface area (Å²) in [4.78, 5) is 49.3. The van der Waals surface area contributed by atoms with Crippen molar-refractivity contribution in [1.29, 1.82) is 0 Å². The highest BCUT2D eigenvalue weighted by molar-refractivity contribution is 7.89. The Morgan fingerprint density at radius 3 is 2.22 bits per heavy atom. The average Bonchev–Trinajstić information content (AvgIpc) is 4.03. The van der Waals surface area contributed by atoms with Crippen molar-refractivity contribution in [3.63, 3.8) is 0 Å². The summed E-state index contributed by atoms with van der Waals surface area (Å²) in [6.45, 7) is 4.55. The average molecular weight is 962 g/mol. The summed E-state index contributed by atoms with van der Waals surface area (Å²) in [5.74, 6) is -0.639. The van der Waals surface area contributed by atoms with Gasteiger partial charge < -0.3 is 35.9 Å². The first-order chi connectivity index (χ1) is 32.8. The molecule has 4 amide bonds. The number of amides is 4. The number of aliphatic hydroxyl groups is 1. The second-order valence-electron chi connectivity index (χ2n) is 18.2. The molecule has 1 saturated carbocycles. The van der Waals surface area contributed by atoms with Crippen molar-refractivity contribution >= 4 is 45.6 Å². The van der Waals surface area contributed by atoms with Gasteiger partial charge in [-0.2, -0.15) is 4.31 Å². The van der Waals surface area contributed by atoms with Crippen LogP contribution < -0.4 is 10.6 Å². The predicted molar refractivity (Wildman–Crippen MR) is 260 cm³/mol. The van der Waals surface area contributed by atoms with Gasteiger partial charge in [-0.1, -0.05) is 123 Å². The number of aromatic nitrogens is 1. The van der Waals surface area contributed by atoms with E-state index in [0.717, 1.165) is 47.1 Å². The molecule has 1 saturated heterocycles. The number of sulfonamides is 1. The lowest BCUT2D eigenvalue weighted by Gasteiger charge is -2.36. The molecule has 4 aromatic carbocycles. The molecule has 0 radical (unpaired) electrons. The van der Waals surface area contributed by atoms with E-state index in [9.17, 15) is 33.0 Å². The lowest BCUT2D eigenvalue weighted by Crippen LogP contribution is -2.57. The van der Waals surface area contributed by atoms with E-state index in [1.165, 1.54) is 34.0 Å². The van der Waals surface area contributed by atoms with E-state index in [1.807, 2.05) is 73.8 Å². The van der Waals surface area contributed by atoms with Crippen molar-refractivity contribution in [2.24, 2.45) is 17.0 Å². The van der Waals surface area contributed by atoms with E-state index in [-0.39, 0.29) is 61.3 Å². The first kappa shape index (κ1) is 48.3. The number of oxime groups is 1. The van der Waals surface area contributed by atoms with Gasteiger partial charge in [0.15, 0.2) is 0 Å². The minimum absolute atomic E-state index is 0.0312. The van der Waals surface area contributed by atoms with E-state index in [0.29, 0.717) is 35.7 Å². The fourth-order valence-electron chi connectivity index (χ4n) is 9.74. The van der Waals surface area contributed by atoms with E-state index in [2.05, 4.69) is 40.1 Å². The summed E-state index contributed by atoms with van der Waals surface area (Å²) in [5.41, 5.74) is 6.50. The molecule has 0 spiro atoms. The van der Waals surface area contributed by atoms with Gasteiger partial charge in [-0.25, -0.2) is 23.0 Å². The number of hydrogen-bond acceptors (Lipinski definition) is 10. The zero-order valence-corrected chi connectivity index (χ0v) is 39.9. The molecule has 5 N–H and O–H groups in total. The normalized spacial score (nSPS) is 17.4. The smallest absolute Gasteiger partial charge is 0.405 e. The molecule has 5 aromatic rings. The maximum absolute atomic E-state index is 14.7. The number of nitrogens with zero attached hydrogens (tertiary/aromatic N) is 5. The number of thiazole rings is 1. The second-order valence-corrected chi connectivity index (χ2v) is 21.0. The van der Waals surface area contributed by atoms with Gasteiger partial charge in [0.1, 0.15) is 11.0 Å². The molecular formula is C51H59N7O8S2. The molecule has 2 aliphatic carbocycles. The molecule has 0 bridgehead atoms. The topological polar surface area (TPSA) is 205 Å². The van der Waals surface area contributed by atoms with Crippen LogP contribution in [0.1, 0.15) is 90.9 Å². The first-order valence-electron chi connectivity index (χ1n) is 23.3. The molecule has 3 aliphatic rings. The van der Waals surface area contributed by atoms with Crippen LogP contribution in [-0.2, 0) is 27.8 Å². The zero-order chi connectivity index (χ0) is 48.0. The van der Waals surface area contributed by atoms with Gasteiger partial charge in [-0.15, -0.1) is 11.3 Å². The van der Waals surface area contributed by atoms with Crippen molar-refractivity contribution in [1.82, 2.24) is 29.7 Å². The van der Waals surface area contributed by atoms with Gasteiger partial charge in [0.2, 0.25) is 15.9 Å². The number of carboxylic acid groups (broad SMARTS) is 1. The summed E-state index contributed by atoms with van der Waals surface area (Å²) < 4.78 is 29.7. The molecule has 1 unspecified atom stereocenters. The summed E-state index contributed by atoms with van der Waals surface area (Å²) in [7, 11) is -4.09. The number of fused-ring (bicyclic) bond motifs is 3. The Bertz CT molecular complexity index is 2650. The lowest BCUT2D eigenvalue weighted by atomic mass is 9.85. The van der Waals surface area contributed by atoms with Crippen LogP contribution in [-0.4, -0.2) is 112 Å².